The number of piperidine rings is 1. The molecule has 0 aliphatic carbocycles. The van der Waals surface area contributed by atoms with E-state index in [4.69, 9.17) is 0 Å². The third kappa shape index (κ3) is 4.08. The normalized spacial score (nSPS) is 17.5. The first-order valence-electron chi connectivity index (χ1n) is 8.88. The standard InChI is InChI=1S/C19H29N3O2/c1-5-21(6-2)19(24)22-12-8-10-16(13-22)18(23)20-17-11-7-9-14(3)15(17)4/h7,9,11,16H,5-6,8,10,12-13H2,1-4H3,(H,20,23). The first kappa shape index (κ1) is 18.3. The smallest absolute Gasteiger partial charge is 0.320 e. The van der Waals surface area contributed by atoms with E-state index in [2.05, 4.69) is 5.32 Å². The van der Waals surface area contributed by atoms with Crippen LogP contribution in [0.15, 0.2) is 18.2 Å². The van der Waals surface area contributed by atoms with E-state index in [-0.39, 0.29) is 17.9 Å². The van der Waals surface area contributed by atoms with Gasteiger partial charge in [-0.05, 0) is 57.7 Å². The number of hydrogen-bond acceptors (Lipinski definition) is 2. The van der Waals surface area contributed by atoms with Crippen molar-refractivity contribution in [2.24, 2.45) is 5.92 Å². The van der Waals surface area contributed by atoms with E-state index in [1.807, 2.05) is 55.7 Å². The number of carbonyl (C=O) groups excluding carboxylic acids is 2. The molecular formula is C19H29N3O2. The molecule has 2 rings (SSSR count). The molecule has 1 aliphatic rings. The molecule has 1 aliphatic heterocycles. The van der Waals surface area contributed by atoms with Crippen LogP contribution in [0.3, 0.4) is 0 Å². The van der Waals surface area contributed by atoms with Gasteiger partial charge in [-0.1, -0.05) is 12.1 Å². The molecule has 5 nitrogen and oxygen atoms in total. The summed E-state index contributed by atoms with van der Waals surface area (Å²) in [7, 11) is 0. The van der Waals surface area contributed by atoms with E-state index in [0.29, 0.717) is 19.6 Å². The minimum Gasteiger partial charge on any atom is -0.326 e. The Hall–Kier alpha value is -2.04. The van der Waals surface area contributed by atoms with Crippen LogP contribution in [0.2, 0.25) is 0 Å². The third-order valence-corrected chi connectivity index (χ3v) is 4.96. The molecule has 1 unspecified atom stereocenters. The van der Waals surface area contributed by atoms with Crippen molar-refractivity contribution in [2.45, 2.75) is 40.5 Å². The molecule has 0 spiro atoms. The summed E-state index contributed by atoms with van der Waals surface area (Å²) in [6.45, 7) is 10.7. The molecule has 0 radical (unpaired) electrons. The summed E-state index contributed by atoms with van der Waals surface area (Å²) in [6.07, 6.45) is 1.70. The zero-order chi connectivity index (χ0) is 17.7. The van der Waals surface area contributed by atoms with Crippen molar-refractivity contribution in [3.05, 3.63) is 29.3 Å². The van der Waals surface area contributed by atoms with Gasteiger partial charge in [0.1, 0.15) is 0 Å². The molecule has 1 N–H and O–H groups in total. The van der Waals surface area contributed by atoms with Crippen molar-refractivity contribution in [3.8, 4) is 0 Å². The maximum absolute atomic E-state index is 12.6. The minimum absolute atomic E-state index is 0.0146. The number of urea groups is 1. The van der Waals surface area contributed by atoms with Crippen LogP contribution in [-0.2, 0) is 4.79 Å². The van der Waals surface area contributed by atoms with E-state index in [9.17, 15) is 9.59 Å². The lowest BCUT2D eigenvalue weighted by Crippen LogP contribution is -2.49. The maximum atomic E-state index is 12.6. The van der Waals surface area contributed by atoms with Gasteiger partial charge >= 0.3 is 6.03 Å². The molecule has 0 bridgehead atoms. The van der Waals surface area contributed by atoms with Gasteiger partial charge in [-0.25, -0.2) is 4.79 Å². The fraction of sp³-hybridized carbons (Fsp3) is 0.579. The van der Waals surface area contributed by atoms with Crippen LogP contribution in [0.1, 0.15) is 37.8 Å². The molecule has 1 saturated heterocycles. The van der Waals surface area contributed by atoms with Gasteiger partial charge in [0, 0.05) is 31.9 Å². The van der Waals surface area contributed by atoms with Crippen LogP contribution in [-0.4, -0.2) is 47.9 Å². The predicted octanol–water partition coefficient (Wildman–Crippen LogP) is 3.42. The average molecular weight is 331 g/mol. The molecule has 1 aromatic rings. The number of likely N-dealkylation sites (tertiary alicyclic amines) is 1. The Labute approximate surface area is 145 Å². The summed E-state index contributed by atoms with van der Waals surface area (Å²) in [5.41, 5.74) is 3.12. The number of anilines is 1. The van der Waals surface area contributed by atoms with Crippen LogP contribution in [0, 0.1) is 19.8 Å². The van der Waals surface area contributed by atoms with E-state index in [0.717, 1.165) is 36.2 Å². The van der Waals surface area contributed by atoms with E-state index >= 15 is 0 Å². The Morgan fingerprint density at radius 2 is 1.96 bits per heavy atom. The molecule has 1 fully saturated rings. The second-order valence-electron chi connectivity index (χ2n) is 6.48. The van der Waals surface area contributed by atoms with Crippen molar-refractivity contribution >= 4 is 17.6 Å². The Morgan fingerprint density at radius 1 is 1.25 bits per heavy atom. The number of rotatable bonds is 4. The zero-order valence-corrected chi connectivity index (χ0v) is 15.3. The fourth-order valence-electron chi connectivity index (χ4n) is 3.18. The van der Waals surface area contributed by atoms with Crippen LogP contribution in [0.25, 0.3) is 0 Å². The van der Waals surface area contributed by atoms with Crippen LogP contribution < -0.4 is 5.32 Å². The van der Waals surface area contributed by atoms with E-state index in [1.165, 1.54) is 0 Å². The van der Waals surface area contributed by atoms with Gasteiger partial charge in [-0.2, -0.15) is 0 Å². The lowest BCUT2D eigenvalue weighted by atomic mass is 9.97. The van der Waals surface area contributed by atoms with Crippen LogP contribution in [0.4, 0.5) is 10.5 Å². The molecule has 5 heteroatoms. The topological polar surface area (TPSA) is 52.7 Å². The number of nitrogens with one attached hydrogen (secondary N) is 1. The third-order valence-electron chi connectivity index (χ3n) is 4.96. The van der Waals surface area contributed by atoms with Crippen LogP contribution in [0.5, 0.6) is 0 Å². The second kappa shape index (κ2) is 8.18. The highest BCUT2D eigenvalue weighted by Gasteiger charge is 2.30. The van der Waals surface area contributed by atoms with Gasteiger partial charge in [0.25, 0.3) is 0 Å². The van der Waals surface area contributed by atoms with Gasteiger partial charge < -0.3 is 15.1 Å². The number of nitrogens with zero attached hydrogens (tertiary/aromatic N) is 2. The molecular weight excluding hydrogens is 302 g/mol. The molecule has 132 valence electrons. The van der Waals surface area contributed by atoms with Crippen molar-refractivity contribution < 1.29 is 9.59 Å². The van der Waals surface area contributed by atoms with Gasteiger partial charge in [-0.3, -0.25) is 4.79 Å². The van der Waals surface area contributed by atoms with E-state index in [1.54, 1.807) is 0 Å². The number of hydrogen-bond donors (Lipinski definition) is 1. The highest BCUT2D eigenvalue weighted by atomic mass is 16.2. The second-order valence-corrected chi connectivity index (χ2v) is 6.48. The average Bonchev–Trinajstić information content (AvgIpc) is 2.60. The summed E-state index contributed by atoms with van der Waals surface area (Å²) >= 11 is 0. The van der Waals surface area contributed by atoms with Crippen molar-refractivity contribution in [1.29, 1.82) is 0 Å². The number of aryl methyl sites for hydroxylation is 1. The SMILES string of the molecule is CCN(CC)C(=O)N1CCCC(C(=O)Nc2cccc(C)c2C)C1. The first-order valence-corrected chi connectivity index (χ1v) is 8.88. The van der Waals surface area contributed by atoms with Crippen molar-refractivity contribution in [1.82, 2.24) is 9.80 Å². The summed E-state index contributed by atoms with van der Waals surface area (Å²) in [5.74, 6) is -0.126. The molecule has 0 aromatic heterocycles. The van der Waals surface area contributed by atoms with E-state index < -0.39 is 0 Å². The number of carbonyl (C=O) groups is 2. The zero-order valence-electron chi connectivity index (χ0n) is 15.3. The Kier molecular flexibility index (Phi) is 6.23. The summed E-state index contributed by atoms with van der Waals surface area (Å²) < 4.78 is 0. The Balaban J connectivity index is 2.02. The lowest BCUT2D eigenvalue weighted by molar-refractivity contribution is -0.121. The summed E-state index contributed by atoms with van der Waals surface area (Å²) in [6, 6.07) is 5.97. The van der Waals surface area contributed by atoms with Gasteiger partial charge in [-0.15, -0.1) is 0 Å². The molecule has 1 aromatic carbocycles. The summed E-state index contributed by atoms with van der Waals surface area (Å²) in [5, 5.41) is 3.05. The predicted molar refractivity (Wildman–Crippen MR) is 97.2 cm³/mol. The maximum Gasteiger partial charge on any atom is 0.320 e. The van der Waals surface area contributed by atoms with Crippen LogP contribution >= 0.6 is 0 Å². The van der Waals surface area contributed by atoms with Gasteiger partial charge in [0.05, 0.1) is 5.92 Å². The monoisotopic (exact) mass is 331 g/mol. The van der Waals surface area contributed by atoms with Crippen molar-refractivity contribution in [3.63, 3.8) is 0 Å². The Bertz CT molecular complexity index is 596. The molecule has 1 heterocycles. The van der Waals surface area contributed by atoms with Crippen molar-refractivity contribution in [2.75, 3.05) is 31.5 Å². The Morgan fingerprint density at radius 3 is 2.62 bits per heavy atom. The first-order chi connectivity index (χ1) is 11.5. The fourth-order valence-corrected chi connectivity index (χ4v) is 3.18. The number of amides is 3. The number of benzene rings is 1. The quantitative estimate of drug-likeness (QED) is 0.919. The highest BCUT2D eigenvalue weighted by Crippen LogP contribution is 2.22. The van der Waals surface area contributed by atoms with Gasteiger partial charge in [0.2, 0.25) is 5.91 Å². The largest absolute Gasteiger partial charge is 0.326 e. The minimum atomic E-state index is -0.141. The molecule has 1 atom stereocenters. The lowest BCUT2D eigenvalue weighted by Gasteiger charge is -2.35. The molecule has 24 heavy (non-hydrogen) atoms. The van der Waals surface area contributed by atoms with Gasteiger partial charge in [0.15, 0.2) is 0 Å². The summed E-state index contributed by atoms with van der Waals surface area (Å²) in [4.78, 5) is 28.8. The molecule has 0 saturated carbocycles. The highest BCUT2D eigenvalue weighted by molar-refractivity contribution is 5.94. The molecule has 3 amide bonds.